The molecule has 0 unspecified atom stereocenters. The minimum absolute atomic E-state index is 0.768. The highest BCUT2D eigenvalue weighted by molar-refractivity contribution is 7.11. The zero-order chi connectivity index (χ0) is 12.6. The van der Waals surface area contributed by atoms with E-state index in [4.69, 9.17) is 4.74 Å². The molecule has 0 saturated carbocycles. The maximum atomic E-state index is 5.75. The van der Waals surface area contributed by atoms with Gasteiger partial charge in [-0.2, -0.15) is 0 Å². The van der Waals surface area contributed by atoms with Crippen LogP contribution in [0.2, 0.25) is 0 Å². The SMILES string of the molecule is CCNCc1ccc(COCCN2CCCC2)s1. The van der Waals surface area contributed by atoms with Gasteiger partial charge in [0.15, 0.2) is 0 Å². The van der Waals surface area contributed by atoms with Crippen LogP contribution in [0.1, 0.15) is 29.5 Å². The summed E-state index contributed by atoms with van der Waals surface area (Å²) in [5, 5.41) is 3.35. The van der Waals surface area contributed by atoms with Crippen molar-refractivity contribution in [3.63, 3.8) is 0 Å². The first-order valence-electron chi connectivity index (χ1n) is 6.97. The molecule has 1 aromatic heterocycles. The Bertz CT molecular complexity index is 334. The molecule has 2 heterocycles. The summed E-state index contributed by atoms with van der Waals surface area (Å²) in [6.07, 6.45) is 2.72. The number of nitrogens with one attached hydrogen (secondary N) is 1. The number of hydrogen-bond acceptors (Lipinski definition) is 4. The molecule has 0 aromatic carbocycles. The quantitative estimate of drug-likeness (QED) is 0.733. The van der Waals surface area contributed by atoms with E-state index in [1.165, 1.54) is 35.7 Å². The average Bonchev–Trinajstić information content (AvgIpc) is 3.04. The van der Waals surface area contributed by atoms with Crippen LogP contribution >= 0.6 is 11.3 Å². The lowest BCUT2D eigenvalue weighted by atomic mass is 10.4. The summed E-state index contributed by atoms with van der Waals surface area (Å²) in [5.74, 6) is 0. The van der Waals surface area contributed by atoms with Gasteiger partial charge in [-0.1, -0.05) is 6.92 Å². The van der Waals surface area contributed by atoms with Crippen LogP contribution in [0.25, 0.3) is 0 Å². The van der Waals surface area contributed by atoms with Gasteiger partial charge < -0.3 is 15.0 Å². The van der Waals surface area contributed by atoms with Gasteiger partial charge in [0.05, 0.1) is 13.2 Å². The summed E-state index contributed by atoms with van der Waals surface area (Å²) in [6.45, 7) is 9.38. The largest absolute Gasteiger partial charge is 0.375 e. The third kappa shape index (κ3) is 4.69. The fourth-order valence-corrected chi connectivity index (χ4v) is 3.14. The van der Waals surface area contributed by atoms with Crippen molar-refractivity contribution in [1.82, 2.24) is 10.2 Å². The Hall–Kier alpha value is -0.420. The maximum absolute atomic E-state index is 5.75. The smallest absolute Gasteiger partial charge is 0.0810 e. The highest BCUT2D eigenvalue weighted by Gasteiger charge is 2.10. The molecule has 0 aliphatic carbocycles. The Morgan fingerprint density at radius 2 is 2.06 bits per heavy atom. The highest BCUT2D eigenvalue weighted by atomic mass is 32.1. The first-order chi connectivity index (χ1) is 8.88. The van der Waals surface area contributed by atoms with Crippen LogP contribution in [0.4, 0.5) is 0 Å². The minimum atomic E-state index is 0.768. The Morgan fingerprint density at radius 3 is 2.83 bits per heavy atom. The third-order valence-electron chi connectivity index (χ3n) is 3.26. The molecule has 1 saturated heterocycles. The van der Waals surface area contributed by atoms with Gasteiger partial charge >= 0.3 is 0 Å². The summed E-state index contributed by atoms with van der Waals surface area (Å²) >= 11 is 1.85. The van der Waals surface area contributed by atoms with Crippen LogP contribution in [-0.2, 0) is 17.9 Å². The molecule has 0 bridgehead atoms. The van der Waals surface area contributed by atoms with E-state index in [2.05, 4.69) is 29.3 Å². The van der Waals surface area contributed by atoms with Gasteiger partial charge in [0, 0.05) is 22.8 Å². The molecule has 0 atom stereocenters. The molecule has 1 aromatic rings. The lowest BCUT2D eigenvalue weighted by molar-refractivity contribution is 0.101. The molecular weight excluding hydrogens is 244 g/mol. The monoisotopic (exact) mass is 268 g/mol. The van der Waals surface area contributed by atoms with E-state index in [0.29, 0.717) is 0 Å². The van der Waals surface area contributed by atoms with Gasteiger partial charge in [0.1, 0.15) is 0 Å². The number of thiophene rings is 1. The van der Waals surface area contributed by atoms with Gasteiger partial charge in [-0.15, -0.1) is 11.3 Å². The number of likely N-dealkylation sites (tertiary alicyclic amines) is 1. The topological polar surface area (TPSA) is 24.5 Å². The lowest BCUT2D eigenvalue weighted by Crippen LogP contribution is -2.23. The number of rotatable bonds is 8. The number of ether oxygens (including phenoxy) is 1. The minimum Gasteiger partial charge on any atom is -0.375 e. The van der Waals surface area contributed by atoms with Gasteiger partial charge in [0.2, 0.25) is 0 Å². The van der Waals surface area contributed by atoms with Crippen molar-refractivity contribution in [2.75, 3.05) is 32.8 Å². The summed E-state index contributed by atoms with van der Waals surface area (Å²) in [7, 11) is 0. The number of nitrogens with zero attached hydrogens (tertiary/aromatic N) is 1. The summed E-state index contributed by atoms with van der Waals surface area (Å²) in [4.78, 5) is 5.23. The predicted octanol–water partition coefficient (Wildman–Crippen LogP) is 2.47. The zero-order valence-electron chi connectivity index (χ0n) is 11.3. The maximum Gasteiger partial charge on any atom is 0.0810 e. The molecule has 0 radical (unpaired) electrons. The molecule has 18 heavy (non-hydrogen) atoms. The summed E-state index contributed by atoms with van der Waals surface area (Å²) in [6, 6.07) is 4.39. The fraction of sp³-hybridized carbons (Fsp3) is 0.714. The van der Waals surface area contributed by atoms with Crippen molar-refractivity contribution in [2.45, 2.75) is 32.9 Å². The van der Waals surface area contributed by atoms with Gasteiger partial charge in [0.25, 0.3) is 0 Å². The normalized spacial score (nSPS) is 16.5. The van der Waals surface area contributed by atoms with E-state index in [0.717, 1.165) is 32.8 Å². The highest BCUT2D eigenvalue weighted by Crippen LogP contribution is 2.17. The molecule has 3 nitrogen and oxygen atoms in total. The van der Waals surface area contributed by atoms with Crippen LogP contribution in [-0.4, -0.2) is 37.7 Å². The molecule has 0 spiro atoms. The van der Waals surface area contributed by atoms with E-state index in [9.17, 15) is 0 Å². The van der Waals surface area contributed by atoms with Gasteiger partial charge in [-0.25, -0.2) is 0 Å². The first-order valence-corrected chi connectivity index (χ1v) is 7.78. The standard InChI is InChI=1S/C14H24N2OS/c1-2-15-11-13-5-6-14(18-13)12-17-10-9-16-7-3-4-8-16/h5-6,15H,2-4,7-12H2,1H3. The van der Waals surface area contributed by atoms with Crippen LogP contribution in [0.5, 0.6) is 0 Å². The van der Waals surface area contributed by atoms with Crippen LogP contribution < -0.4 is 5.32 Å². The summed E-state index contributed by atoms with van der Waals surface area (Å²) in [5.41, 5.74) is 0. The predicted molar refractivity (Wildman–Crippen MR) is 77.0 cm³/mol. The zero-order valence-corrected chi connectivity index (χ0v) is 12.1. The van der Waals surface area contributed by atoms with Crippen LogP contribution in [0.3, 0.4) is 0 Å². The molecule has 4 heteroatoms. The van der Waals surface area contributed by atoms with Crippen molar-refractivity contribution in [1.29, 1.82) is 0 Å². The molecule has 102 valence electrons. The second kappa shape index (κ2) is 7.89. The average molecular weight is 268 g/mol. The Morgan fingerprint density at radius 1 is 1.28 bits per heavy atom. The summed E-state index contributed by atoms with van der Waals surface area (Å²) < 4.78 is 5.75. The Kier molecular flexibility index (Phi) is 6.14. The Balaban J connectivity index is 1.59. The van der Waals surface area contributed by atoms with Gasteiger partial charge in [-0.3, -0.25) is 0 Å². The van der Waals surface area contributed by atoms with E-state index in [-0.39, 0.29) is 0 Å². The van der Waals surface area contributed by atoms with E-state index >= 15 is 0 Å². The van der Waals surface area contributed by atoms with Gasteiger partial charge in [-0.05, 0) is 44.6 Å². The molecule has 1 N–H and O–H groups in total. The lowest BCUT2D eigenvalue weighted by Gasteiger charge is -2.13. The fourth-order valence-electron chi connectivity index (χ4n) is 2.22. The van der Waals surface area contributed by atoms with Crippen molar-refractivity contribution in [3.05, 3.63) is 21.9 Å². The van der Waals surface area contributed by atoms with Crippen LogP contribution in [0, 0.1) is 0 Å². The number of hydrogen-bond donors (Lipinski definition) is 1. The molecule has 1 aliphatic rings. The second-order valence-corrected chi connectivity index (χ2v) is 6.00. The van der Waals surface area contributed by atoms with Crippen molar-refractivity contribution < 1.29 is 4.74 Å². The van der Waals surface area contributed by atoms with Crippen molar-refractivity contribution >= 4 is 11.3 Å². The molecule has 1 aliphatic heterocycles. The first kappa shape index (κ1) is 14.0. The van der Waals surface area contributed by atoms with E-state index < -0.39 is 0 Å². The molecule has 0 amide bonds. The third-order valence-corrected chi connectivity index (χ3v) is 4.32. The molecule has 1 fully saturated rings. The van der Waals surface area contributed by atoms with Crippen molar-refractivity contribution in [3.8, 4) is 0 Å². The molecule has 2 rings (SSSR count). The van der Waals surface area contributed by atoms with Crippen LogP contribution in [0.15, 0.2) is 12.1 Å². The van der Waals surface area contributed by atoms with Crippen molar-refractivity contribution in [2.24, 2.45) is 0 Å². The van der Waals surface area contributed by atoms with E-state index in [1.807, 2.05) is 11.3 Å². The Labute approximate surface area is 114 Å². The second-order valence-electron chi connectivity index (χ2n) is 4.75. The molecular formula is C14H24N2OS. The van der Waals surface area contributed by atoms with E-state index in [1.54, 1.807) is 0 Å².